The predicted octanol–water partition coefficient (Wildman–Crippen LogP) is 3.88. The summed E-state index contributed by atoms with van der Waals surface area (Å²) >= 11 is 0. The summed E-state index contributed by atoms with van der Waals surface area (Å²) in [6, 6.07) is 4.77. The normalized spacial score (nSPS) is 20.2. The molecule has 2 nitrogen and oxygen atoms in total. The minimum absolute atomic E-state index is 0.443. The third kappa shape index (κ3) is 3.56. The second-order valence-electron chi connectivity index (χ2n) is 6.30. The van der Waals surface area contributed by atoms with Crippen molar-refractivity contribution in [2.45, 2.75) is 65.3 Å². The predicted molar refractivity (Wildman–Crippen MR) is 81.3 cm³/mol. The van der Waals surface area contributed by atoms with E-state index in [1.807, 2.05) is 12.3 Å². The molecule has 1 N–H and O–H groups in total. The van der Waals surface area contributed by atoms with Crippen LogP contribution in [0.25, 0.3) is 0 Å². The van der Waals surface area contributed by atoms with Crippen molar-refractivity contribution >= 4 is 0 Å². The second-order valence-corrected chi connectivity index (χ2v) is 6.30. The van der Waals surface area contributed by atoms with E-state index in [0.717, 1.165) is 13.0 Å². The van der Waals surface area contributed by atoms with Crippen molar-refractivity contribution < 1.29 is 0 Å². The van der Waals surface area contributed by atoms with Gasteiger partial charge in [0, 0.05) is 24.4 Å². The fraction of sp³-hybridized carbons (Fsp3) is 0.706. The largest absolute Gasteiger partial charge is 0.313 e. The SMILES string of the molecule is CCNC(Cc1ncccc1C)C1(C)CCCCC1. The first kappa shape index (κ1) is 14.5. The molecule has 0 aliphatic heterocycles. The van der Waals surface area contributed by atoms with E-state index in [0.29, 0.717) is 11.5 Å². The molecule has 19 heavy (non-hydrogen) atoms. The van der Waals surface area contributed by atoms with Crippen LogP contribution in [0.1, 0.15) is 57.2 Å². The van der Waals surface area contributed by atoms with Crippen LogP contribution in [-0.2, 0) is 6.42 Å². The Balaban J connectivity index is 2.13. The lowest BCUT2D eigenvalue weighted by Crippen LogP contribution is -2.46. The van der Waals surface area contributed by atoms with E-state index in [4.69, 9.17) is 0 Å². The van der Waals surface area contributed by atoms with Crippen LogP contribution in [0.3, 0.4) is 0 Å². The molecule has 0 saturated heterocycles. The number of aryl methyl sites for hydroxylation is 1. The highest BCUT2D eigenvalue weighted by molar-refractivity contribution is 5.19. The maximum absolute atomic E-state index is 4.59. The van der Waals surface area contributed by atoms with Gasteiger partial charge in [0.1, 0.15) is 0 Å². The van der Waals surface area contributed by atoms with Gasteiger partial charge < -0.3 is 5.32 Å². The first-order valence-electron chi connectivity index (χ1n) is 7.79. The summed E-state index contributed by atoms with van der Waals surface area (Å²) in [6.07, 6.45) is 9.90. The van der Waals surface area contributed by atoms with Crippen molar-refractivity contribution in [3.05, 3.63) is 29.6 Å². The Morgan fingerprint density at radius 3 is 2.68 bits per heavy atom. The van der Waals surface area contributed by atoms with Crippen molar-refractivity contribution in [1.82, 2.24) is 10.3 Å². The molecular formula is C17H28N2. The van der Waals surface area contributed by atoms with Gasteiger partial charge in [-0.3, -0.25) is 4.98 Å². The zero-order valence-corrected chi connectivity index (χ0v) is 12.7. The molecule has 1 fully saturated rings. The topological polar surface area (TPSA) is 24.9 Å². The Labute approximate surface area is 118 Å². The van der Waals surface area contributed by atoms with Crippen LogP contribution in [0.4, 0.5) is 0 Å². The second kappa shape index (κ2) is 6.51. The van der Waals surface area contributed by atoms with E-state index in [2.05, 4.69) is 37.1 Å². The van der Waals surface area contributed by atoms with Gasteiger partial charge in [0.05, 0.1) is 0 Å². The third-order valence-corrected chi connectivity index (χ3v) is 4.80. The van der Waals surface area contributed by atoms with E-state index in [1.165, 1.54) is 43.4 Å². The zero-order valence-electron chi connectivity index (χ0n) is 12.7. The molecule has 1 unspecified atom stereocenters. The Bertz CT molecular complexity index is 394. The van der Waals surface area contributed by atoms with Crippen molar-refractivity contribution in [3.8, 4) is 0 Å². The maximum atomic E-state index is 4.59. The third-order valence-electron chi connectivity index (χ3n) is 4.80. The number of rotatable bonds is 5. The molecule has 0 bridgehead atoms. The number of hydrogen-bond donors (Lipinski definition) is 1. The molecule has 0 amide bonds. The highest BCUT2D eigenvalue weighted by atomic mass is 14.9. The lowest BCUT2D eigenvalue weighted by molar-refractivity contribution is 0.144. The molecule has 0 spiro atoms. The molecule has 1 saturated carbocycles. The summed E-state index contributed by atoms with van der Waals surface area (Å²) in [5.74, 6) is 0. The monoisotopic (exact) mass is 260 g/mol. The van der Waals surface area contributed by atoms with Gasteiger partial charge in [-0.15, -0.1) is 0 Å². The molecule has 1 heterocycles. The summed E-state index contributed by atoms with van der Waals surface area (Å²) in [6.45, 7) is 7.91. The molecule has 0 radical (unpaired) electrons. The van der Waals surface area contributed by atoms with Crippen LogP contribution >= 0.6 is 0 Å². The summed E-state index contributed by atoms with van der Waals surface area (Å²) < 4.78 is 0. The summed E-state index contributed by atoms with van der Waals surface area (Å²) in [7, 11) is 0. The first-order chi connectivity index (χ1) is 9.15. The lowest BCUT2D eigenvalue weighted by Gasteiger charge is -2.41. The van der Waals surface area contributed by atoms with Gasteiger partial charge in [-0.2, -0.15) is 0 Å². The molecule has 1 aliphatic carbocycles. The van der Waals surface area contributed by atoms with Crippen LogP contribution < -0.4 is 5.32 Å². The van der Waals surface area contributed by atoms with E-state index in [9.17, 15) is 0 Å². The molecule has 1 aliphatic rings. The smallest absolute Gasteiger partial charge is 0.0448 e. The molecule has 1 atom stereocenters. The van der Waals surface area contributed by atoms with Crippen molar-refractivity contribution in [2.24, 2.45) is 5.41 Å². The number of nitrogens with one attached hydrogen (secondary N) is 1. The average molecular weight is 260 g/mol. The van der Waals surface area contributed by atoms with Gasteiger partial charge in [-0.05, 0) is 43.4 Å². The standard InChI is InChI=1S/C17H28N2/c1-4-18-16(17(3)10-6-5-7-11-17)13-15-14(2)9-8-12-19-15/h8-9,12,16,18H,4-7,10-11,13H2,1-3H3. The minimum Gasteiger partial charge on any atom is -0.313 e. The van der Waals surface area contributed by atoms with Crippen LogP contribution in [0.15, 0.2) is 18.3 Å². The minimum atomic E-state index is 0.443. The van der Waals surface area contributed by atoms with Crippen molar-refractivity contribution in [3.63, 3.8) is 0 Å². The average Bonchev–Trinajstić information content (AvgIpc) is 2.41. The van der Waals surface area contributed by atoms with Crippen LogP contribution in [0.2, 0.25) is 0 Å². The summed E-state index contributed by atoms with van der Waals surface area (Å²) in [4.78, 5) is 4.59. The lowest BCUT2D eigenvalue weighted by atomic mass is 9.69. The molecule has 106 valence electrons. The quantitative estimate of drug-likeness (QED) is 0.869. The number of hydrogen-bond acceptors (Lipinski definition) is 2. The van der Waals surface area contributed by atoms with Crippen LogP contribution in [0, 0.1) is 12.3 Å². The summed E-state index contributed by atoms with van der Waals surface area (Å²) in [5.41, 5.74) is 3.03. The number of aromatic nitrogens is 1. The fourth-order valence-electron chi connectivity index (χ4n) is 3.44. The zero-order chi connectivity index (χ0) is 13.7. The Kier molecular flexibility index (Phi) is 4.98. The number of pyridine rings is 1. The number of likely N-dealkylation sites (N-methyl/N-ethyl adjacent to an activating group) is 1. The van der Waals surface area contributed by atoms with E-state index >= 15 is 0 Å². The molecule has 1 aromatic heterocycles. The molecule has 2 heteroatoms. The van der Waals surface area contributed by atoms with Gasteiger partial charge in [-0.1, -0.05) is 39.2 Å². The van der Waals surface area contributed by atoms with E-state index in [-0.39, 0.29) is 0 Å². The maximum Gasteiger partial charge on any atom is 0.0448 e. The number of nitrogens with zero attached hydrogens (tertiary/aromatic N) is 1. The van der Waals surface area contributed by atoms with Crippen molar-refractivity contribution in [1.29, 1.82) is 0 Å². The molecule has 0 aromatic carbocycles. The Morgan fingerprint density at radius 2 is 2.05 bits per heavy atom. The van der Waals surface area contributed by atoms with E-state index in [1.54, 1.807) is 0 Å². The van der Waals surface area contributed by atoms with Crippen molar-refractivity contribution in [2.75, 3.05) is 6.54 Å². The van der Waals surface area contributed by atoms with Gasteiger partial charge >= 0.3 is 0 Å². The Hall–Kier alpha value is -0.890. The van der Waals surface area contributed by atoms with Gasteiger partial charge in [-0.25, -0.2) is 0 Å². The van der Waals surface area contributed by atoms with Gasteiger partial charge in [0.2, 0.25) is 0 Å². The van der Waals surface area contributed by atoms with Gasteiger partial charge in [0.15, 0.2) is 0 Å². The highest BCUT2D eigenvalue weighted by Gasteiger charge is 2.35. The fourth-order valence-corrected chi connectivity index (χ4v) is 3.44. The van der Waals surface area contributed by atoms with Gasteiger partial charge in [0.25, 0.3) is 0 Å². The molecule has 2 rings (SSSR count). The molecule has 1 aromatic rings. The summed E-state index contributed by atoms with van der Waals surface area (Å²) in [5, 5.41) is 3.73. The van der Waals surface area contributed by atoms with Crippen LogP contribution in [0.5, 0.6) is 0 Å². The molecular weight excluding hydrogens is 232 g/mol. The van der Waals surface area contributed by atoms with Crippen LogP contribution in [-0.4, -0.2) is 17.6 Å². The van der Waals surface area contributed by atoms with E-state index < -0.39 is 0 Å². The highest BCUT2D eigenvalue weighted by Crippen LogP contribution is 2.39. The first-order valence-corrected chi connectivity index (χ1v) is 7.79. The Morgan fingerprint density at radius 1 is 1.32 bits per heavy atom.